The first-order valence-corrected chi connectivity index (χ1v) is 12.9. The van der Waals surface area contributed by atoms with Crippen molar-refractivity contribution in [1.82, 2.24) is 29.5 Å². The summed E-state index contributed by atoms with van der Waals surface area (Å²) in [5, 5.41) is 23.3. The number of hydrogen-bond acceptors (Lipinski definition) is 6. The summed E-state index contributed by atoms with van der Waals surface area (Å²) in [5.41, 5.74) is 2.73. The summed E-state index contributed by atoms with van der Waals surface area (Å²) < 4.78 is 1.75. The Morgan fingerprint density at radius 3 is 1.40 bits per heavy atom. The van der Waals surface area contributed by atoms with E-state index in [1.165, 1.54) is 0 Å². The van der Waals surface area contributed by atoms with Gasteiger partial charge in [0.25, 0.3) is 0 Å². The number of aromatic nitrogens is 6. The van der Waals surface area contributed by atoms with Crippen LogP contribution in [-0.4, -0.2) is 34.6 Å². The maximum atomic E-state index is 11.5. The van der Waals surface area contributed by atoms with Crippen LogP contribution >= 0.6 is 23.2 Å². The van der Waals surface area contributed by atoms with Crippen LogP contribution in [-0.2, 0) is 53.7 Å². The van der Waals surface area contributed by atoms with Crippen LogP contribution in [0.2, 0.25) is 0 Å². The van der Waals surface area contributed by atoms with Gasteiger partial charge in [0.1, 0.15) is 0 Å². The molecule has 4 rings (SSSR count). The van der Waals surface area contributed by atoms with E-state index in [0.29, 0.717) is 11.5 Å². The van der Waals surface area contributed by atoms with E-state index < -0.39 is 10.4 Å². The fourth-order valence-corrected chi connectivity index (χ4v) is 3.15. The van der Waals surface area contributed by atoms with Gasteiger partial charge in [0.05, 0.1) is 0 Å². The van der Waals surface area contributed by atoms with E-state index in [4.69, 9.17) is 4.79 Å². The quantitative estimate of drug-likeness (QED) is 0.237. The van der Waals surface area contributed by atoms with Crippen molar-refractivity contribution in [3.63, 3.8) is 0 Å². The first kappa shape index (κ1) is 56.6. The Bertz CT molecular complexity index is 1280. The van der Waals surface area contributed by atoms with Crippen LogP contribution in [0.1, 0.15) is 58.5 Å². The molecule has 0 bridgehead atoms. The molecule has 0 saturated carbocycles. The Balaban J connectivity index is -0.000000117. The summed E-state index contributed by atoms with van der Waals surface area (Å²) in [4.78, 5) is 31.8. The second kappa shape index (κ2) is 33.2. The van der Waals surface area contributed by atoms with Crippen LogP contribution in [0.3, 0.4) is 0 Å². The van der Waals surface area contributed by atoms with Gasteiger partial charge in [0, 0.05) is 46.7 Å². The van der Waals surface area contributed by atoms with Crippen LogP contribution < -0.4 is 138 Å². The summed E-state index contributed by atoms with van der Waals surface area (Å²) in [6.07, 6.45) is 1.65. The minimum atomic E-state index is -0.889. The van der Waals surface area contributed by atoms with Crippen molar-refractivity contribution in [2.75, 3.05) is 0 Å². The van der Waals surface area contributed by atoms with E-state index in [9.17, 15) is 14.7 Å². The second-order valence-corrected chi connectivity index (χ2v) is 7.55. The topological polar surface area (TPSA) is 167 Å². The van der Waals surface area contributed by atoms with Crippen molar-refractivity contribution >= 4 is 27.9 Å². The number of aromatic hydroxyl groups is 1. The van der Waals surface area contributed by atoms with Crippen molar-refractivity contribution in [2.24, 2.45) is 0 Å². The molecule has 2 aromatic heterocycles. The number of para-hydroxylation sites is 2. The van der Waals surface area contributed by atoms with Gasteiger partial charge in [-0.2, -0.15) is 0 Å². The number of hydrogen-bond donors (Lipinski definition) is 1. The van der Waals surface area contributed by atoms with Crippen molar-refractivity contribution in [2.45, 2.75) is 61.3 Å². The number of rotatable bonds is 4. The monoisotopic (exact) mass is 1130 g/mol. The number of halogens is 2. The molecule has 230 valence electrons. The van der Waals surface area contributed by atoms with E-state index >= 15 is 0 Å². The summed E-state index contributed by atoms with van der Waals surface area (Å²) in [5.74, 6) is 0.626. The molecule has 0 unspecified atom stereocenters. The normalized spacial score (nSPS) is 8.21. The predicted molar refractivity (Wildman–Crippen MR) is 155 cm³/mol. The summed E-state index contributed by atoms with van der Waals surface area (Å²) >= 11 is 8.80. The minimum Gasteiger partial charge on any atom is -0.495 e. The zero-order chi connectivity index (χ0) is 29.3. The molecule has 4 aromatic rings. The first-order chi connectivity index (χ1) is 18.2. The molecule has 0 aliphatic heterocycles. The Morgan fingerprint density at radius 1 is 0.767 bits per heavy atom. The number of benzene rings is 2. The molecule has 2 heterocycles. The standard InChI is InChI=1S/C11H13N3O.C10H11N3O2.2C2H6.CCl2O.H2O.2Rb.2Re/c1-3-9-6-4-5-7-10(9)14-8(2)12-13-11(14)15;1-2-7-5-3-4-6-8(7)13-9(14)11-12-10(13)15;2*1-2;2-1(3)4;;;;;/h4-7H,3H2,1-2H3,(H,13,15);3-6H,2H2,1H3,(H2,11,12,14,15);2*1-2H3;;1H2;;;;/q;;;;;;2*+1;;/p-2. The van der Waals surface area contributed by atoms with Gasteiger partial charge in [-0.15, -0.1) is 0 Å². The predicted octanol–water partition coefficient (Wildman–Crippen LogP) is -1.67. The van der Waals surface area contributed by atoms with Crippen molar-refractivity contribution in [1.29, 1.82) is 0 Å². The maximum Gasteiger partial charge on any atom is 1.00 e. The molecule has 0 saturated heterocycles. The van der Waals surface area contributed by atoms with Gasteiger partial charge >= 0.3 is 121 Å². The average molecular weight is 1130 g/mol. The second-order valence-electron chi connectivity index (χ2n) is 6.67. The fraction of sp³-hybridized carbons (Fsp3) is 0.346. The van der Waals surface area contributed by atoms with Gasteiger partial charge in [-0.25, -0.2) is 5.10 Å². The van der Waals surface area contributed by atoms with Gasteiger partial charge in [0.15, 0.2) is 11.4 Å². The van der Waals surface area contributed by atoms with Crippen molar-refractivity contribution < 1.29 is 173 Å². The zero-order valence-corrected chi connectivity index (χ0v) is 42.7. The Morgan fingerprint density at radius 2 is 1.09 bits per heavy atom. The van der Waals surface area contributed by atoms with Gasteiger partial charge in [-0.3, -0.25) is 19.5 Å². The molecule has 2 aromatic carbocycles. The molecule has 17 heteroatoms. The minimum absolute atomic E-state index is 0. The van der Waals surface area contributed by atoms with Crippen LogP contribution in [0.15, 0.2) is 58.1 Å². The summed E-state index contributed by atoms with van der Waals surface area (Å²) in [7, 11) is 0. The van der Waals surface area contributed by atoms with Crippen molar-refractivity contribution in [3.8, 4) is 17.4 Å². The van der Waals surface area contributed by atoms with E-state index in [-0.39, 0.29) is 174 Å². The van der Waals surface area contributed by atoms with E-state index in [1.807, 2.05) is 71.0 Å². The third-order valence-electron chi connectivity index (χ3n) is 4.64. The molecule has 3 N–H and O–H groups in total. The average Bonchev–Trinajstić information content (AvgIpc) is 3.45. The Kier molecular flexibility index (Phi) is 43.7. The van der Waals surface area contributed by atoms with Crippen molar-refractivity contribution in [3.05, 3.63) is 86.5 Å². The van der Waals surface area contributed by atoms with Gasteiger partial charge < -0.3 is 29.9 Å². The molecular formula is C26H36Cl2N6O5Rb2Re2. The molecule has 0 spiro atoms. The van der Waals surface area contributed by atoms with Gasteiger partial charge in [-0.05, 0) is 65.5 Å². The third-order valence-corrected chi connectivity index (χ3v) is 4.64. The Hall–Kier alpha value is 1.27. The molecule has 0 atom stereocenters. The number of aryl methyl sites for hydroxylation is 3. The van der Waals surface area contributed by atoms with Gasteiger partial charge in [0.2, 0.25) is 6.01 Å². The Labute approximate surface area is 387 Å². The molecule has 43 heavy (non-hydrogen) atoms. The smallest absolute Gasteiger partial charge is 0.495 e. The molecule has 0 fully saturated rings. The molecule has 0 aliphatic rings. The fourth-order valence-electron chi connectivity index (χ4n) is 3.15. The van der Waals surface area contributed by atoms with E-state index in [2.05, 4.69) is 50.5 Å². The van der Waals surface area contributed by atoms with Crippen LogP contribution in [0, 0.1) is 6.92 Å². The third kappa shape index (κ3) is 19.6. The first-order valence-electron chi connectivity index (χ1n) is 12.1. The zero-order valence-electron chi connectivity index (χ0n) is 25.9. The number of nitrogens with zero attached hydrogens (tertiary/aromatic N) is 6. The largest absolute Gasteiger partial charge is 1.00 e. The molecule has 0 aliphatic carbocycles. The van der Waals surface area contributed by atoms with E-state index in [0.717, 1.165) is 34.2 Å². The molecule has 2 radical (unpaired) electrons. The van der Waals surface area contributed by atoms with Crippen LogP contribution in [0.4, 0.5) is 4.79 Å². The molecular weight excluding hydrogens is 1090 g/mol. The summed E-state index contributed by atoms with van der Waals surface area (Å²) in [6, 6.07) is 14.8. The SMILES string of the molecule is CC.CC.CCc1ccccc1-n1c(C)n[n-]c1=O.CCc1ccccc1-n1c(O)n[n-]c1=O.O.O=C(Cl)Cl.[Rb+].[Rb+].[Re].[Re]. The maximum absolute atomic E-state index is 11.5. The van der Waals surface area contributed by atoms with Crippen LogP contribution in [0.25, 0.3) is 11.4 Å². The van der Waals surface area contributed by atoms with Crippen LogP contribution in [0.5, 0.6) is 6.01 Å². The molecule has 0 amide bonds. The number of carbonyl (C=O) groups excluding carboxylic acids is 1. The number of carbonyl (C=O) groups is 1. The van der Waals surface area contributed by atoms with Gasteiger partial charge in [-0.1, -0.05) is 90.1 Å². The molecule has 11 nitrogen and oxygen atoms in total. The van der Waals surface area contributed by atoms with E-state index in [1.54, 1.807) is 23.6 Å². The summed E-state index contributed by atoms with van der Waals surface area (Å²) in [6.45, 7) is 13.8.